The summed E-state index contributed by atoms with van der Waals surface area (Å²) in [5.41, 5.74) is 2.21. The third-order valence-corrected chi connectivity index (χ3v) is 5.29. The SMILES string of the molecule is CCOC(=O)CCN1CCC(OC(c2ccccc2)c2cccc(Cl)c2)CC1. The van der Waals surface area contributed by atoms with Crippen molar-refractivity contribution in [3.05, 3.63) is 70.7 Å². The first-order chi connectivity index (χ1) is 13.7. The van der Waals surface area contributed by atoms with Gasteiger partial charge in [0.2, 0.25) is 0 Å². The van der Waals surface area contributed by atoms with Gasteiger partial charge >= 0.3 is 5.97 Å². The smallest absolute Gasteiger partial charge is 0.307 e. The highest BCUT2D eigenvalue weighted by Crippen LogP contribution is 2.31. The maximum Gasteiger partial charge on any atom is 0.307 e. The van der Waals surface area contributed by atoms with Crippen molar-refractivity contribution in [2.45, 2.75) is 38.4 Å². The molecule has 1 atom stereocenters. The van der Waals surface area contributed by atoms with Gasteiger partial charge in [0.15, 0.2) is 0 Å². The number of hydrogen-bond donors (Lipinski definition) is 0. The Labute approximate surface area is 172 Å². The summed E-state index contributed by atoms with van der Waals surface area (Å²) in [6.07, 6.45) is 2.41. The van der Waals surface area contributed by atoms with Gasteiger partial charge in [-0.15, -0.1) is 0 Å². The number of esters is 1. The first kappa shape index (κ1) is 20.8. The van der Waals surface area contributed by atoms with E-state index in [9.17, 15) is 4.79 Å². The van der Waals surface area contributed by atoms with Crippen molar-refractivity contribution >= 4 is 17.6 Å². The summed E-state index contributed by atoms with van der Waals surface area (Å²) in [5.74, 6) is -0.119. The lowest BCUT2D eigenvalue weighted by molar-refractivity contribution is -0.143. The average molecular weight is 402 g/mol. The number of piperidine rings is 1. The molecular weight excluding hydrogens is 374 g/mol. The topological polar surface area (TPSA) is 38.8 Å². The van der Waals surface area contributed by atoms with Gasteiger partial charge in [0, 0.05) is 24.7 Å². The fourth-order valence-electron chi connectivity index (χ4n) is 3.59. The molecule has 1 unspecified atom stereocenters. The predicted octanol–water partition coefficient (Wildman–Crippen LogP) is 4.86. The second kappa shape index (κ2) is 10.6. The normalized spacial score (nSPS) is 16.6. The molecule has 0 aromatic heterocycles. The molecule has 0 saturated carbocycles. The molecule has 0 amide bonds. The molecule has 2 aromatic carbocycles. The van der Waals surface area contributed by atoms with Crippen molar-refractivity contribution < 1.29 is 14.3 Å². The Hall–Kier alpha value is -1.88. The van der Waals surface area contributed by atoms with Gasteiger partial charge in [-0.2, -0.15) is 0 Å². The third kappa shape index (κ3) is 6.06. The van der Waals surface area contributed by atoms with E-state index in [4.69, 9.17) is 21.1 Å². The van der Waals surface area contributed by atoms with Crippen molar-refractivity contribution in [3.8, 4) is 0 Å². The van der Waals surface area contributed by atoms with E-state index in [1.165, 1.54) is 0 Å². The Balaban J connectivity index is 1.59. The van der Waals surface area contributed by atoms with Crippen LogP contribution >= 0.6 is 11.6 Å². The molecule has 0 aliphatic carbocycles. The summed E-state index contributed by atoms with van der Waals surface area (Å²) in [4.78, 5) is 13.9. The molecule has 1 heterocycles. The zero-order valence-electron chi connectivity index (χ0n) is 16.4. The highest BCUT2D eigenvalue weighted by atomic mass is 35.5. The number of hydrogen-bond acceptors (Lipinski definition) is 4. The second-order valence-electron chi connectivity index (χ2n) is 7.08. The van der Waals surface area contributed by atoms with Crippen LogP contribution in [0.1, 0.15) is 43.4 Å². The number of nitrogens with zero attached hydrogens (tertiary/aromatic N) is 1. The summed E-state index contributed by atoms with van der Waals surface area (Å²) < 4.78 is 11.6. The summed E-state index contributed by atoms with van der Waals surface area (Å²) in [6.45, 7) is 4.90. The minimum atomic E-state index is -0.129. The molecule has 2 aromatic rings. The van der Waals surface area contributed by atoms with Crippen LogP contribution in [0.4, 0.5) is 0 Å². The van der Waals surface area contributed by atoms with Gasteiger partial charge in [0.1, 0.15) is 6.10 Å². The van der Waals surface area contributed by atoms with E-state index in [2.05, 4.69) is 23.1 Å². The molecule has 4 nitrogen and oxygen atoms in total. The summed E-state index contributed by atoms with van der Waals surface area (Å²) in [5, 5.41) is 0.718. The third-order valence-electron chi connectivity index (χ3n) is 5.05. The van der Waals surface area contributed by atoms with Gasteiger partial charge < -0.3 is 14.4 Å². The molecule has 0 N–H and O–H groups in total. The van der Waals surface area contributed by atoms with Gasteiger partial charge in [0.05, 0.1) is 19.1 Å². The van der Waals surface area contributed by atoms with Gasteiger partial charge in [0.25, 0.3) is 0 Å². The van der Waals surface area contributed by atoms with Crippen LogP contribution in [0.2, 0.25) is 5.02 Å². The molecule has 3 rings (SSSR count). The Morgan fingerprint density at radius 3 is 2.50 bits per heavy atom. The minimum absolute atomic E-state index is 0.119. The molecule has 0 radical (unpaired) electrons. The molecular formula is C23H28ClNO3. The van der Waals surface area contributed by atoms with Gasteiger partial charge in [-0.05, 0) is 43.0 Å². The number of rotatable bonds is 8. The van der Waals surface area contributed by atoms with Crippen molar-refractivity contribution in [1.82, 2.24) is 4.90 Å². The van der Waals surface area contributed by atoms with Gasteiger partial charge in [-0.3, -0.25) is 4.79 Å². The standard InChI is InChI=1S/C23H28ClNO3/c1-2-27-22(26)13-16-25-14-11-21(12-15-25)28-23(18-7-4-3-5-8-18)19-9-6-10-20(24)17-19/h3-10,17,21,23H,2,11-16H2,1H3. The van der Waals surface area contributed by atoms with Crippen LogP contribution in [0.5, 0.6) is 0 Å². The lowest BCUT2D eigenvalue weighted by Gasteiger charge is -2.34. The fraction of sp³-hybridized carbons (Fsp3) is 0.435. The Morgan fingerprint density at radius 1 is 1.11 bits per heavy atom. The first-order valence-electron chi connectivity index (χ1n) is 9.99. The number of carbonyl (C=O) groups is 1. The van der Waals surface area contributed by atoms with E-state index in [0.717, 1.165) is 48.6 Å². The van der Waals surface area contributed by atoms with E-state index in [1.54, 1.807) is 0 Å². The van der Waals surface area contributed by atoms with Crippen LogP contribution in [0.25, 0.3) is 0 Å². The fourth-order valence-corrected chi connectivity index (χ4v) is 3.79. The van der Waals surface area contributed by atoms with E-state index in [0.29, 0.717) is 13.0 Å². The first-order valence-corrected chi connectivity index (χ1v) is 10.4. The number of benzene rings is 2. The molecule has 1 fully saturated rings. The minimum Gasteiger partial charge on any atom is -0.466 e. The molecule has 28 heavy (non-hydrogen) atoms. The van der Waals surface area contributed by atoms with Gasteiger partial charge in [-0.25, -0.2) is 0 Å². The lowest BCUT2D eigenvalue weighted by Crippen LogP contribution is -2.38. The van der Waals surface area contributed by atoms with Crippen LogP contribution in [0, 0.1) is 0 Å². The number of ether oxygens (including phenoxy) is 2. The van der Waals surface area contributed by atoms with Crippen LogP contribution < -0.4 is 0 Å². The van der Waals surface area contributed by atoms with Crippen LogP contribution in [0.15, 0.2) is 54.6 Å². The van der Waals surface area contributed by atoms with Crippen molar-refractivity contribution in [2.24, 2.45) is 0 Å². The number of likely N-dealkylation sites (tertiary alicyclic amines) is 1. The summed E-state index contributed by atoms with van der Waals surface area (Å²) in [6, 6.07) is 18.2. The van der Waals surface area contributed by atoms with Gasteiger partial charge in [-0.1, -0.05) is 54.1 Å². The van der Waals surface area contributed by atoms with E-state index < -0.39 is 0 Å². The molecule has 0 spiro atoms. The lowest BCUT2D eigenvalue weighted by atomic mass is 10.00. The summed E-state index contributed by atoms with van der Waals surface area (Å²) >= 11 is 6.22. The molecule has 1 saturated heterocycles. The quantitative estimate of drug-likeness (QED) is 0.592. The molecule has 0 bridgehead atoms. The largest absolute Gasteiger partial charge is 0.466 e. The maximum absolute atomic E-state index is 11.6. The second-order valence-corrected chi connectivity index (χ2v) is 7.51. The zero-order chi connectivity index (χ0) is 19.8. The van der Waals surface area contributed by atoms with E-state index >= 15 is 0 Å². The van der Waals surface area contributed by atoms with E-state index in [1.807, 2.05) is 43.3 Å². The van der Waals surface area contributed by atoms with Crippen molar-refractivity contribution in [1.29, 1.82) is 0 Å². The molecule has 1 aliphatic rings. The van der Waals surface area contributed by atoms with Crippen molar-refractivity contribution in [2.75, 3.05) is 26.2 Å². The number of halogens is 1. The summed E-state index contributed by atoms with van der Waals surface area (Å²) in [7, 11) is 0. The molecule has 5 heteroatoms. The van der Waals surface area contributed by atoms with Crippen LogP contribution in [-0.4, -0.2) is 43.2 Å². The maximum atomic E-state index is 11.6. The monoisotopic (exact) mass is 401 g/mol. The molecule has 1 aliphatic heterocycles. The predicted molar refractivity (Wildman–Crippen MR) is 112 cm³/mol. The Morgan fingerprint density at radius 2 is 1.82 bits per heavy atom. The number of carbonyl (C=O) groups excluding carboxylic acids is 1. The average Bonchev–Trinajstić information content (AvgIpc) is 2.72. The van der Waals surface area contributed by atoms with Crippen LogP contribution in [-0.2, 0) is 14.3 Å². The van der Waals surface area contributed by atoms with Crippen LogP contribution in [0.3, 0.4) is 0 Å². The van der Waals surface area contributed by atoms with E-state index in [-0.39, 0.29) is 18.2 Å². The Kier molecular flexibility index (Phi) is 7.90. The zero-order valence-corrected chi connectivity index (χ0v) is 17.1. The Bertz CT molecular complexity index is 745. The van der Waals surface area contributed by atoms with Crippen molar-refractivity contribution in [3.63, 3.8) is 0 Å². The highest BCUT2D eigenvalue weighted by molar-refractivity contribution is 6.30. The highest BCUT2D eigenvalue weighted by Gasteiger charge is 2.25. The molecule has 150 valence electrons.